The number of pyridine rings is 1. The van der Waals surface area contributed by atoms with Crippen LogP contribution in [-0.2, 0) is 0 Å². The van der Waals surface area contributed by atoms with Crippen molar-refractivity contribution in [3.63, 3.8) is 0 Å². The zero-order valence-corrected chi connectivity index (χ0v) is 17.5. The molecular formula is C29H18ClN. The van der Waals surface area contributed by atoms with Crippen molar-refractivity contribution < 1.29 is 0 Å². The molecule has 0 fully saturated rings. The summed E-state index contributed by atoms with van der Waals surface area (Å²) in [5.41, 5.74) is 14.4. The van der Waals surface area contributed by atoms with Crippen LogP contribution in [0.25, 0.3) is 39.1 Å². The van der Waals surface area contributed by atoms with Gasteiger partial charge in [-0.3, -0.25) is 0 Å². The van der Waals surface area contributed by atoms with Crippen molar-refractivity contribution in [1.82, 2.24) is 4.98 Å². The highest BCUT2D eigenvalue weighted by molar-refractivity contribution is 6.30. The summed E-state index contributed by atoms with van der Waals surface area (Å²) in [6.07, 6.45) is 5.80. The third-order valence-electron chi connectivity index (χ3n) is 5.20. The molecule has 1 aliphatic carbocycles. The van der Waals surface area contributed by atoms with Gasteiger partial charge in [-0.15, -0.1) is 0 Å². The molecule has 0 amide bonds. The Morgan fingerprint density at radius 2 is 1.26 bits per heavy atom. The minimum Gasteiger partial charge on any atom is -0.248 e. The Balaban J connectivity index is 1.65. The number of benzene rings is 3. The van der Waals surface area contributed by atoms with Crippen LogP contribution < -0.4 is 0 Å². The Labute approximate surface area is 187 Å². The van der Waals surface area contributed by atoms with Crippen LogP contribution in [0.3, 0.4) is 0 Å². The van der Waals surface area contributed by atoms with Crippen LogP contribution in [0.5, 0.6) is 0 Å². The number of allylic oxidation sites excluding steroid dienone is 4. The van der Waals surface area contributed by atoms with E-state index in [1.807, 2.05) is 54.6 Å². The lowest BCUT2D eigenvalue weighted by Gasteiger charge is -2.12. The van der Waals surface area contributed by atoms with E-state index in [1.54, 1.807) is 0 Å². The Bertz CT molecular complexity index is 1400. The molecule has 0 aliphatic heterocycles. The predicted octanol–water partition coefficient (Wildman–Crippen LogP) is 8.00. The van der Waals surface area contributed by atoms with E-state index >= 15 is 0 Å². The Kier molecular flexibility index (Phi) is 5.23. The van der Waals surface area contributed by atoms with Crippen LogP contribution in [0.2, 0.25) is 5.02 Å². The van der Waals surface area contributed by atoms with Gasteiger partial charge in [0.05, 0.1) is 11.4 Å². The third kappa shape index (κ3) is 4.21. The van der Waals surface area contributed by atoms with Gasteiger partial charge in [0.2, 0.25) is 0 Å². The van der Waals surface area contributed by atoms with Crippen LogP contribution >= 0.6 is 11.6 Å². The summed E-state index contributed by atoms with van der Waals surface area (Å²) in [6.45, 7) is 0. The van der Waals surface area contributed by atoms with Gasteiger partial charge in [-0.1, -0.05) is 83.7 Å². The molecule has 2 heteroatoms. The monoisotopic (exact) mass is 415 g/mol. The molecule has 3 aromatic carbocycles. The van der Waals surface area contributed by atoms with Crippen molar-refractivity contribution in [2.75, 3.05) is 0 Å². The molecule has 0 atom stereocenters. The van der Waals surface area contributed by atoms with Crippen LogP contribution in [0, 0.1) is 0 Å². The maximum Gasteiger partial charge on any atom is 0.0722 e. The number of halogens is 1. The molecule has 1 aliphatic rings. The zero-order valence-electron chi connectivity index (χ0n) is 16.7. The molecule has 0 unspecified atom stereocenters. The maximum atomic E-state index is 6.21. The first-order valence-electron chi connectivity index (χ1n) is 10.1. The number of hydrogen-bond acceptors (Lipinski definition) is 1. The van der Waals surface area contributed by atoms with Gasteiger partial charge in [0.15, 0.2) is 0 Å². The largest absolute Gasteiger partial charge is 0.248 e. The normalized spacial score (nSPS) is 12.1. The van der Waals surface area contributed by atoms with Crippen LogP contribution in [0.4, 0.5) is 0 Å². The molecule has 31 heavy (non-hydrogen) atoms. The molecule has 4 aromatic rings. The Hall–Kier alpha value is -3.86. The zero-order chi connectivity index (χ0) is 21.0. The van der Waals surface area contributed by atoms with Gasteiger partial charge in [0.25, 0.3) is 0 Å². The average Bonchev–Trinajstić information content (AvgIpc) is 2.85. The predicted molar refractivity (Wildman–Crippen MR) is 130 cm³/mol. The number of nitrogens with zero attached hydrogens (tertiary/aromatic N) is 1. The fraction of sp³-hybridized carbons (Fsp3) is 0. The molecule has 0 saturated carbocycles. The van der Waals surface area contributed by atoms with E-state index in [1.165, 1.54) is 0 Å². The highest BCUT2D eigenvalue weighted by atomic mass is 35.5. The maximum absolute atomic E-state index is 6.21. The second-order valence-electron chi connectivity index (χ2n) is 7.31. The van der Waals surface area contributed by atoms with Crippen molar-refractivity contribution in [2.45, 2.75) is 0 Å². The Morgan fingerprint density at radius 1 is 0.581 bits per heavy atom. The van der Waals surface area contributed by atoms with Gasteiger partial charge in [-0.25, -0.2) is 4.98 Å². The summed E-state index contributed by atoms with van der Waals surface area (Å²) < 4.78 is 0. The highest BCUT2D eigenvalue weighted by Crippen LogP contribution is 2.32. The van der Waals surface area contributed by atoms with E-state index in [9.17, 15) is 0 Å². The lowest BCUT2D eigenvalue weighted by Crippen LogP contribution is -1.94. The highest BCUT2D eigenvalue weighted by Gasteiger charge is 2.10. The summed E-state index contributed by atoms with van der Waals surface area (Å²) >= 11 is 6.21. The van der Waals surface area contributed by atoms with Gasteiger partial charge < -0.3 is 0 Å². The molecule has 0 bridgehead atoms. The average molecular weight is 416 g/mol. The molecular weight excluding hydrogens is 398 g/mol. The first kappa shape index (κ1) is 19.1. The smallest absolute Gasteiger partial charge is 0.0722 e. The summed E-state index contributed by atoms with van der Waals surface area (Å²) in [6, 6.07) is 31.0. The SMILES string of the molecule is Clc1cccc(-c2cccc(-c3cc(C4=CC=C=C=C4)nc(-c4ccccc4)c3)c2)c1. The van der Waals surface area contributed by atoms with E-state index < -0.39 is 0 Å². The van der Waals surface area contributed by atoms with Gasteiger partial charge in [-0.2, -0.15) is 0 Å². The minimum atomic E-state index is 0.734. The van der Waals surface area contributed by atoms with Crippen molar-refractivity contribution in [3.05, 3.63) is 131 Å². The summed E-state index contributed by atoms with van der Waals surface area (Å²) in [5.74, 6) is 0. The number of hydrogen-bond donors (Lipinski definition) is 0. The Morgan fingerprint density at radius 3 is 2.00 bits per heavy atom. The van der Waals surface area contributed by atoms with E-state index in [4.69, 9.17) is 16.6 Å². The number of rotatable bonds is 4. The van der Waals surface area contributed by atoms with Crippen molar-refractivity contribution in [1.29, 1.82) is 0 Å². The van der Waals surface area contributed by atoms with E-state index in [0.717, 1.165) is 49.8 Å². The van der Waals surface area contributed by atoms with Crippen molar-refractivity contribution in [3.8, 4) is 33.5 Å². The van der Waals surface area contributed by atoms with Crippen molar-refractivity contribution in [2.24, 2.45) is 0 Å². The van der Waals surface area contributed by atoms with Gasteiger partial charge in [0.1, 0.15) is 0 Å². The molecule has 146 valence electrons. The molecule has 0 spiro atoms. The van der Waals surface area contributed by atoms with Gasteiger partial charge in [0, 0.05) is 16.2 Å². The third-order valence-corrected chi connectivity index (χ3v) is 5.44. The van der Waals surface area contributed by atoms with Crippen LogP contribution in [0.1, 0.15) is 5.69 Å². The van der Waals surface area contributed by atoms with Gasteiger partial charge in [-0.05, 0) is 70.8 Å². The summed E-state index contributed by atoms with van der Waals surface area (Å²) in [7, 11) is 0. The fourth-order valence-corrected chi connectivity index (χ4v) is 3.84. The molecule has 1 nitrogen and oxygen atoms in total. The molecule has 1 aromatic heterocycles. The second kappa shape index (κ2) is 8.48. The summed E-state index contributed by atoms with van der Waals surface area (Å²) in [4.78, 5) is 4.94. The summed E-state index contributed by atoms with van der Waals surface area (Å²) in [5, 5.41) is 0.734. The lowest BCUT2D eigenvalue weighted by atomic mass is 9.96. The quantitative estimate of drug-likeness (QED) is 0.307. The van der Waals surface area contributed by atoms with E-state index in [0.29, 0.717) is 0 Å². The molecule has 0 radical (unpaired) electrons. The van der Waals surface area contributed by atoms with E-state index in [-0.39, 0.29) is 0 Å². The lowest BCUT2D eigenvalue weighted by molar-refractivity contribution is 1.28. The first-order chi connectivity index (χ1) is 15.3. The minimum absolute atomic E-state index is 0.734. The fourth-order valence-electron chi connectivity index (χ4n) is 3.65. The van der Waals surface area contributed by atoms with Crippen LogP contribution in [0.15, 0.2) is 121 Å². The topological polar surface area (TPSA) is 12.9 Å². The second-order valence-corrected chi connectivity index (χ2v) is 7.74. The standard InChI is InChI=1S/C29H18ClN/c30-27-16-8-15-25(18-27)23-13-7-14-24(17-23)26-19-28(21-9-3-1-4-10-21)31-29(20-26)22-11-5-2-6-12-22/h1,3-5,7-20H. The molecule has 0 saturated heterocycles. The first-order valence-corrected chi connectivity index (χ1v) is 10.5. The molecule has 0 N–H and O–H groups in total. The van der Waals surface area contributed by atoms with Gasteiger partial charge >= 0.3 is 0 Å². The molecule has 5 rings (SSSR count). The van der Waals surface area contributed by atoms with E-state index in [2.05, 4.69) is 66.1 Å². The van der Waals surface area contributed by atoms with Crippen LogP contribution in [-0.4, -0.2) is 4.98 Å². The molecule has 1 heterocycles. The number of aromatic nitrogens is 1. The van der Waals surface area contributed by atoms with Crippen molar-refractivity contribution >= 4 is 17.2 Å².